The lowest BCUT2D eigenvalue weighted by atomic mass is 9.87. The van der Waals surface area contributed by atoms with E-state index in [1.165, 1.54) is 0 Å². The van der Waals surface area contributed by atoms with Crippen molar-refractivity contribution in [3.8, 4) is 6.07 Å². The quantitative estimate of drug-likeness (QED) is 0.798. The molecule has 0 aliphatic rings. The summed E-state index contributed by atoms with van der Waals surface area (Å²) < 4.78 is 27.1. The molecule has 0 atom stereocenters. The molecule has 0 aliphatic heterocycles. The maximum Gasteiger partial charge on any atom is 0.240 e. The summed E-state index contributed by atoms with van der Waals surface area (Å²) in [5, 5.41) is 11.5. The van der Waals surface area contributed by atoms with Gasteiger partial charge in [0, 0.05) is 18.7 Å². The van der Waals surface area contributed by atoms with Crippen molar-refractivity contribution in [3.05, 3.63) is 59.7 Å². The lowest BCUT2D eigenvalue weighted by molar-refractivity contribution is -0.116. The van der Waals surface area contributed by atoms with E-state index < -0.39 is 10.0 Å². The normalized spacial score (nSPS) is 11.6. The molecule has 6 nitrogen and oxygen atoms in total. The predicted octanol–water partition coefficient (Wildman–Crippen LogP) is 3.16. The number of sulfonamides is 1. The average molecular weight is 385 g/mol. The second-order valence-electron chi connectivity index (χ2n) is 7.16. The molecule has 7 heteroatoms. The molecule has 0 aromatic heterocycles. The first kappa shape index (κ1) is 20.6. The van der Waals surface area contributed by atoms with Gasteiger partial charge >= 0.3 is 0 Å². The first-order chi connectivity index (χ1) is 12.6. The maximum atomic E-state index is 12.3. The van der Waals surface area contributed by atoms with Crippen LogP contribution in [0, 0.1) is 11.3 Å². The van der Waals surface area contributed by atoms with Crippen LogP contribution in [-0.4, -0.2) is 20.9 Å². The van der Waals surface area contributed by atoms with Crippen molar-refractivity contribution in [1.82, 2.24) is 4.72 Å². The van der Waals surface area contributed by atoms with Gasteiger partial charge in [-0.25, -0.2) is 13.1 Å². The summed E-state index contributed by atoms with van der Waals surface area (Å²) in [6.45, 7) is 6.15. The number of hydrogen-bond acceptors (Lipinski definition) is 4. The molecule has 0 radical (unpaired) electrons. The first-order valence-corrected chi connectivity index (χ1v) is 10.0. The summed E-state index contributed by atoms with van der Waals surface area (Å²) in [6.07, 6.45) is -0.0178. The Morgan fingerprint density at radius 3 is 2.37 bits per heavy atom. The summed E-state index contributed by atoms with van der Waals surface area (Å²) in [4.78, 5) is 12.1. The van der Waals surface area contributed by atoms with Crippen LogP contribution in [0.15, 0.2) is 53.4 Å². The zero-order valence-corrected chi connectivity index (χ0v) is 16.4. The molecule has 27 heavy (non-hydrogen) atoms. The number of rotatable bonds is 6. The minimum atomic E-state index is -3.67. The Hall–Kier alpha value is -2.69. The molecule has 0 bridgehead atoms. The van der Waals surface area contributed by atoms with Crippen molar-refractivity contribution in [2.75, 3.05) is 11.9 Å². The Morgan fingerprint density at radius 2 is 1.78 bits per heavy atom. The van der Waals surface area contributed by atoms with Crippen LogP contribution < -0.4 is 10.0 Å². The highest BCUT2D eigenvalue weighted by Gasteiger charge is 2.17. The van der Waals surface area contributed by atoms with E-state index in [0.29, 0.717) is 11.3 Å². The van der Waals surface area contributed by atoms with Crippen LogP contribution >= 0.6 is 0 Å². The molecule has 0 spiro atoms. The molecule has 0 unspecified atom stereocenters. The largest absolute Gasteiger partial charge is 0.326 e. The Labute approximate surface area is 160 Å². The van der Waals surface area contributed by atoms with Crippen LogP contribution in [0.1, 0.15) is 38.3 Å². The SMILES string of the molecule is CC(C)(C)c1ccc(S(=O)(=O)NCCC(=O)Nc2cccc(C#N)c2)cc1. The number of carbonyl (C=O) groups is 1. The molecule has 0 aliphatic carbocycles. The summed E-state index contributed by atoms with van der Waals surface area (Å²) >= 11 is 0. The number of carbonyl (C=O) groups excluding carboxylic acids is 1. The van der Waals surface area contributed by atoms with Gasteiger partial charge < -0.3 is 5.32 Å². The number of amides is 1. The van der Waals surface area contributed by atoms with Crippen molar-refractivity contribution in [3.63, 3.8) is 0 Å². The molecule has 142 valence electrons. The van der Waals surface area contributed by atoms with E-state index in [1.807, 2.05) is 6.07 Å². The van der Waals surface area contributed by atoms with E-state index in [-0.39, 0.29) is 29.2 Å². The summed E-state index contributed by atoms with van der Waals surface area (Å²) in [5.74, 6) is -0.337. The van der Waals surface area contributed by atoms with Gasteiger partial charge in [0.15, 0.2) is 0 Å². The third-order valence-electron chi connectivity index (χ3n) is 3.95. The summed E-state index contributed by atoms with van der Waals surface area (Å²) in [6, 6.07) is 15.2. The smallest absolute Gasteiger partial charge is 0.240 e. The van der Waals surface area contributed by atoms with Crippen molar-refractivity contribution < 1.29 is 13.2 Å². The Kier molecular flexibility index (Phi) is 6.37. The molecule has 2 N–H and O–H groups in total. The van der Waals surface area contributed by atoms with Gasteiger partial charge in [-0.3, -0.25) is 4.79 Å². The minimum absolute atomic E-state index is 0.0178. The zero-order chi connectivity index (χ0) is 20.1. The van der Waals surface area contributed by atoms with Gasteiger partial charge in [0.05, 0.1) is 16.5 Å². The number of nitrogens with one attached hydrogen (secondary N) is 2. The highest BCUT2D eigenvalue weighted by atomic mass is 32.2. The third-order valence-corrected chi connectivity index (χ3v) is 5.43. The predicted molar refractivity (Wildman–Crippen MR) is 105 cm³/mol. The first-order valence-electron chi connectivity index (χ1n) is 8.52. The fourth-order valence-electron chi connectivity index (χ4n) is 2.41. The van der Waals surface area contributed by atoms with E-state index >= 15 is 0 Å². The van der Waals surface area contributed by atoms with E-state index in [0.717, 1.165) is 5.56 Å². The highest BCUT2D eigenvalue weighted by molar-refractivity contribution is 7.89. The van der Waals surface area contributed by atoms with Gasteiger partial charge in [-0.05, 0) is 41.3 Å². The van der Waals surface area contributed by atoms with E-state index in [1.54, 1.807) is 48.5 Å². The van der Waals surface area contributed by atoms with Crippen LogP contribution in [0.3, 0.4) is 0 Å². The fourth-order valence-corrected chi connectivity index (χ4v) is 3.44. The van der Waals surface area contributed by atoms with E-state index in [4.69, 9.17) is 5.26 Å². The lowest BCUT2D eigenvalue weighted by Gasteiger charge is -2.19. The number of nitriles is 1. The van der Waals surface area contributed by atoms with Crippen LogP contribution in [-0.2, 0) is 20.2 Å². The Bertz CT molecular complexity index is 953. The standard InChI is InChI=1S/C20H23N3O3S/c1-20(2,3)16-7-9-18(10-8-16)27(25,26)22-12-11-19(24)23-17-6-4-5-15(13-17)14-21/h4-10,13,22H,11-12H2,1-3H3,(H,23,24). The summed E-state index contributed by atoms with van der Waals surface area (Å²) in [7, 11) is -3.67. The lowest BCUT2D eigenvalue weighted by Crippen LogP contribution is -2.28. The van der Waals surface area contributed by atoms with Crippen molar-refractivity contribution in [1.29, 1.82) is 5.26 Å². The van der Waals surface area contributed by atoms with Crippen molar-refractivity contribution in [2.45, 2.75) is 37.5 Å². The van der Waals surface area contributed by atoms with Crippen molar-refractivity contribution >= 4 is 21.6 Å². The monoisotopic (exact) mass is 385 g/mol. The second kappa shape index (κ2) is 8.33. The topological polar surface area (TPSA) is 99.1 Å². The molecule has 0 saturated heterocycles. The van der Waals surface area contributed by atoms with E-state index in [2.05, 4.69) is 30.8 Å². The fraction of sp³-hybridized carbons (Fsp3) is 0.300. The van der Waals surface area contributed by atoms with Crippen molar-refractivity contribution in [2.24, 2.45) is 0 Å². The number of hydrogen-bond donors (Lipinski definition) is 2. The molecule has 0 saturated carbocycles. The van der Waals surface area contributed by atoms with Gasteiger partial charge in [-0.15, -0.1) is 0 Å². The van der Waals surface area contributed by atoms with Gasteiger partial charge in [0.1, 0.15) is 0 Å². The van der Waals surface area contributed by atoms with Gasteiger partial charge in [0.25, 0.3) is 0 Å². The second-order valence-corrected chi connectivity index (χ2v) is 8.93. The van der Waals surface area contributed by atoms with Crippen LogP contribution in [0.4, 0.5) is 5.69 Å². The molecule has 2 aromatic carbocycles. The summed E-state index contributed by atoms with van der Waals surface area (Å²) in [5.41, 5.74) is 1.92. The van der Waals surface area contributed by atoms with Gasteiger partial charge in [-0.2, -0.15) is 5.26 Å². The van der Waals surface area contributed by atoms with Crippen LogP contribution in [0.5, 0.6) is 0 Å². The number of benzene rings is 2. The Morgan fingerprint density at radius 1 is 1.11 bits per heavy atom. The number of nitrogens with zero attached hydrogens (tertiary/aromatic N) is 1. The zero-order valence-electron chi connectivity index (χ0n) is 15.6. The van der Waals surface area contributed by atoms with Gasteiger partial charge in [0.2, 0.25) is 15.9 Å². The molecule has 0 fully saturated rings. The average Bonchev–Trinajstić information content (AvgIpc) is 2.61. The van der Waals surface area contributed by atoms with Crippen LogP contribution in [0.2, 0.25) is 0 Å². The van der Waals surface area contributed by atoms with Crippen LogP contribution in [0.25, 0.3) is 0 Å². The highest BCUT2D eigenvalue weighted by Crippen LogP contribution is 2.23. The maximum absolute atomic E-state index is 12.3. The van der Waals surface area contributed by atoms with Gasteiger partial charge in [-0.1, -0.05) is 39.0 Å². The molecule has 0 heterocycles. The Balaban J connectivity index is 1.91. The third kappa shape index (κ3) is 5.91. The molecule has 1 amide bonds. The molecular weight excluding hydrogens is 362 g/mol. The molecule has 2 rings (SSSR count). The molecule has 2 aromatic rings. The number of anilines is 1. The molecular formula is C20H23N3O3S. The minimum Gasteiger partial charge on any atom is -0.326 e. The van der Waals surface area contributed by atoms with E-state index in [9.17, 15) is 13.2 Å².